The van der Waals surface area contributed by atoms with Crippen LogP contribution in [0.1, 0.15) is 43.7 Å². The highest BCUT2D eigenvalue weighted by Gasteiger charge is 2.21. The minimum absolute atomic E-state index is 0.465. The van der Waals surface area contributed by atoms with Crippen LogP contribution in [0.25, 0.3) is 0 Å². The molecule has 0 bridgehead atoms. The summed E-state index contributed by atoms with van der Waals surface area (Å²) in [4.78, 5) is 4.49. The molecule has 1 N–H and O–H groups in total. The third kappa shape index (κ3) is 1.75. The lowest BCUT2D eigenvalue weighted by Gasteiger charge is -2.00. The summed E-state index contributed by atoms with van der Waals surface area (Å²) < 4.78 is 5.46. The van der Waals surface area contributed by atoms with Crippen molar-refractivity contribution in [1.29, 1.82) is 0 Å². The van der Waals surface area contributed by atoms with Crippen molar-refractivity contribution in [2.45, 2.75) is 32.1 Å². The zero-order valence-corrected chi connectivity index (χ0v) is 8.21. The lowest BCUT2D eigenvalue weighted by Crippen LogP contribution is -2.08. The number of nitrogens with one attached hydrogen (secondary N) is 1. The van der Waals surface area contributed by atoms with Crippen molar-refractivity contribution in [1.82, 2.24) is 10.3 Å². The maximum Gasteiger partial charge on any atom is 0.198 e. The predicted octanol–water partition coefficient (Wildman–Crippen LogP) is 1.87. The van der Waals surface area contributed by atoms with Crippen LogP contribution in [0.2, 0.25) is 0 Å². The van der Waals surface area contributed by atoms with Crippen LogP contribution in [0.15, 0.2) is 10.7 Å². The van der Waals surface area contributed by atoms with Gasteiger partial charge in [-0.1, -0.05) is 13.8 Å². The summed E-state index contributed by atoms with van der Waals surface area (Å²) in [5.74, 6) is 1.87. The molecule has 0 saturated carbocycles. The van der Waals surface area contributed by atoms with Crippen molar-refractivity contribution in [3.63, 3.8) is 0 Å². The highest BCUT2D eigenvalue weighted by Crippen LogP contribution is 2.23. The van der Waals surface area contributed by atoms with Crippen LogP contribution in [0.3, 0.4) is 0 Å². The fraction of sp³-hybridized carbons (Fsp3) is 0.700. The molecule has 3 heteroatoms. The molecule has 1 aliphatic rings. The second-order valence-electron chi connectivity index (χ2n) is 3.96. The Morgan fingerprint density at radius 2 is 2.46 bits per heavy atom. The highest BCUT2D eigenvalue weighted by molar-refractivity contribution is 5.06. The van der Waals surface area contributed by atoms with Crippen LogP contribution < -0.4 is 5.32 Å². The third-order valence-corrected chi connectivity index (χ3v) is 2.54. The summed E-state index contributed by atoms with van der Waals surface area (Å²) in [6.45, 7) is 6.37. The summed E-state index contributed by atoms with van der Waals surface area (Å²) in [6.07, 6.45) is 2.94. The predicted molar refractivity (Wildman–Crippen MR) is 50.8 cm³/mol. The van der Waals surface area contributed by atoms with E-state index in [1.54, 1.807) is 6.26 Å². The van der Waals surface area contributed by atoms with Crippen molar-refractivity contribution in [2.75, 3.05) is 13.1 Å². The third-order valence-electron chi connectivity index (χ3n) is 2.54. The molecule has 3 nitrogen and oxygen atoms in total. The topological polar surface area (TPSA) is 38.1 Å². The van der Waals surface area contributed by atoms with Crippen molar-refractivity contribution in [3.8, 4) is 0 Å². The number of rotatable bonds is 2. The molecular weight excluding hydrogens is 164 g/mol. The van der Waals surface area contributed by atoms with Crippen molar-refractivity contribution >= 4 is 0 Å². The molecule has 0 amide bonds. The Labute approximate surface area is 78.5 Å². The number of hydrogen-bond acceptors (Lipinski definition) is 3. The number of hydrogen-bond donors (Lipinski definition) is 1. The van der Waals surface area contributed by atoms with Crippen LogP contribution >= 0.6 is 0 Å². The molecule has 0 radical (unpaired) electrons. The van der Waals surface area contributed by atoms with Gasteiger partial charge in [-0.2, -0.15) is 0 Å². The minimum atomic E-state index is 0.465. The minimum Gasteiger partial charge on any atom is -0.448 e. The molecule has 1 fully saturated rings. The summed E-state index contributed by atoms with van der Waals surface area (Å²) in [5, 5.41) is 3.31. The lowest BCUT2D eigenvalue weighted by molar-refractivity contribution is 0.457. The van der Waals surface area contributed by atoms with Crippen LogP contribution in [-0.2, 0) is 0 Å². The largest absolute Gasteiger partial charge is 0.448 e. The second-order valence-corrected chi connectivity index (χ2v) is 3.96. The smallest absolute Gasteiger partial charge is 0.198 e. The summed E-state index contributed by atoms with van der Waals surface area (Å²) in [6, 6.07) is 0. The molecule has 0 spiro atoms. The molecule has 2 heterocycles. The quantitative estimate of drug-likeness (QED) is 0.755. The van der Waals surface area contributed by atoms with E-state index in [2.05, 4.69) is 24.1 Å². The van der Waals surface area contributed by atoms with Gasteiger partial charge in [-0.25, -0.2) is 4.98 Å². The molecular formula is C10H16N2O. The molecule has 1 saturated heterocycles. The van der Waals surface area contributed by atoms with Crippen LogP contribution in [0.4, 0.5) is 0 Å². The van der Waals surface area contributed by atoms with Gasteiger partial charge in [0.2, 0.25) is 0 Å². The van der Waals surface area contributed by atoms with Crippen LogP contribution in [0.5, 0.6) is 0 Å². The average Bonchev–Trinajstić information content (AvgIpc) is 2.75. The summed E-state index contributed by atoms with van der Waals surface area (Å²) in [5.41, 5.74) is 1.07. The number of aromatic nitrogens is 1. The Hall–Kier alpha value is -0.830. The van der Waals surface area contributed by atoms with E-state index in [-0.39, 0.29) is 0 Å². The Kier molecular flexibility index (Phi) is 2.36. The molecule has 1 aliphatic heterocycles. The zero-order chi connectivity index (χ0) is 9.26. The fourth-order valence-electron chi connectivity index (χ4n) is 1.62. The highest BCUT2D eigenvalue weighted by atomic mass is 16.3. The maximum absolute atomic E-state index is 5.46. The summed E-state index contributed by atoms with van der Waals surface area (Å²) in [7, 11) is 0. The van der Waals surface area contributed by atoms with Crippen molar-refractivity contribution in [3.05, 3.63) is 17.8 Å². The van der Waals surface area contributed by atoms with E-state index >= 15 is 0 Å². The molecule has 1 unspecified atom stereocenters. The molecule has 13 heavy (non-hydrogen) atoms. The second kappa shape index (κ2) is 3.50. The van der Waals surface area contributed by atoms with Crippen LogP contribution in [0, 0.1) is 0 Å². The van der Waals surface area contributed by atoms with Crippen molar-refractivity contribution < 1.29 is 4.42 Å². The van der Waals surface area contributed by atoms with E-state index in [9.17, 15) is 0 Å². The first-order chi connectivity index (χ1) is 6.27. The Balaban J connectivity index is 2.12. The van der Waals surface area contributed by atoms with E-state index in [0.717, 1.165) is 31.1 Å². The monoisotopic (exact) mass is 180 g/mol. The van der Waals surface area contributed by atoms with Gasteiger partial charge in [-0.15, -0.1) is 0 Å². The van der Waals surface area contributed by atoms with E-state index in [0.29, 0.717) is 11.8 Å². The van der Waals surface area contributed by atoms with Gasteiger partial charge in [0.25, 0.3) is 0 Å². The molecule has 1 aromatic rings. The van der Waals surface area contributed by atoms with Gasteiger partial charge in [0.05, 0.1) is 5.69 Å². The number of oxazole rings is 1. The number of nitrogens with zero attached hydrogens (tertiary/aromatic N) is 1. The van der Waals surface area contributed by atoms with E-state index in [1.807, 2.05) is 0 Å². The van der Waals surface area contributed by atoms with Gasteiger partial charge in [0.15, 0.2) is 5.89 Å². The van der Waals surface area contributed by atoms with Gasteiger partial charge < -0.3 is 9.73 Å². The summed E-state index contributed by atoms with van der Waals surface area (Å²) >= 11 is 0. The van der Waals surface area contributed by atoms with Gasteiger partial charge in [-0.05, 0) is 18.9 Å². The maximum atomic E-state index is 5.46. The first kappa shape index (κ1) is 8.75. The first-order valence-electron chi connectivity index (χ1n) is 4.93. The van der Waals surface area contributed by atoms with Gasteiger partial charge in [0, 0.05) is 12.5 Å². The van der Waals surface area contributed by atoms with E-state index < -0.39 is 0 Å². The SMILES string of the molecule is CC(C)c1coc(C2CCNC2)n1. The van der Waals surface area contributed by atoms with Crippen molar-refractivity contribution in [2.24, 2.45) is 0 Å². The molecule has 1 atom stereocenters. The lowest BCUT2D eigenvalue weighted by atomic mass is 10.1. The molecule has 0 aliphatic carbocycles. The van der Waals surface area contributed by atoms with Gasteiger partial charge in [-0.3, -0.25) is 0 Å². The standard InChI is InChI=1S/C10H16N2O/c1-7(2)9-6-13-10(12-9)8-3-4-11-5-8/h6-8,11H,3-5H2,1-2H3. The molecule has 2 rings (SSSR count). The Bertz CT molecular complexity index is 274. The normalized spacial score (nSPS) is 22.8. The van der Waals surface area contributed by atoms with Gasteiger partial charge in [0.1, 0.15) is 6.26 Å². The first-order valence-corrected chi connectivity index (χ1v) is 4.93. The molecule has 0 aromatic carbocycles. The Morgan fingerprint density at radius 1 is 1.62 bits per heavy atom. The van der Waals surface area contributed by atoms with Gasteiger partial charge >= 0.3 is 0 Å². The molecule has 72 valence electrons. The fourth-order valence-corrected chi connectivity index (χ4v) is 1.62. The Morgan fingerprint density at radius 3 is 3.00 bits per heavy atom. The zero-order valence-electron chi connectivity index (χ0n) is 8.21. The van der Waals surface area contributed by atoms with E-state index in [4.69, 9.17) is 4.42 Å². The average molecular weight is 180 g/mol. The van der Waals surface area contributed by atoms with Crippen LogP contribution in [-0.4, -0.2) is 18.1 Å². The van der Waals surface area contributed by atoms with E-state index in [1.165, 1.54) is 0 Å². The molecule has 1 aromatic heterocycles.